The Morgan fingerprint density at radius 1 is 1.11 bits per heavy atom. The van der Waals surface area contributed by atoms with E-state index in [1.807, 2.05) is 0 Å². The van der Waals surface area contributed by atoms with E-state index in [4.69, 9.17) is 5.11 Å². The first-order chi connectivity index (χ1) is 9.16. The Labute approximate surface area is 108 Å². The zero-order valence-electron chi connectivity index (χ0n) is 9.70. The van der Waals surface area contributed by atoms with Crippen molar-refractivity contribution in [3.05, 3.63) is 48.5 Å². The highest BCUT2D eigenvalue weighted by Gasteiger charge is 2.13. The predicted molar refractivity (Wildman–Crippen MR) is 68.1 cm³/mol. The van der Waals surface area contributed by atoms with Gasteiger partial charge in [0.25, 0.3) is 0 Å². The number of aromatic nitrogens is 2. The summed E-state index contributed by atoms with van der Waals surface area (Å²) in [5.74, 6) is -1.21. The molecule has 0 bridgehead atoms. The number of aromatic carboxylic acids is 1. The summed E-state index contributed by atoms with van der Waals surface area (Å²) in [5, 5.41) is 13.9. The minimum absolute atomic E-state index is 0.122. The molecule has 7 heteroatoms. The first kappa shape index (κ1) is 12.5. The summed E-state index contributed by atoms with van der Waals surface area (Å²) < 4.78 is 0. The maximum Gasteiger partial charge on any atom is 0.356 e. The number of hydrogen-bond acceptors (Lipinski definition) is 4. The monoisotopic (exact) mass is 258 g/mol. The van der Waals surface area contributed by atoms with E-state index in [2.05, 4.69) is 20.6 Å². The van der Waals surface area contributed by atoms with Crippen LogP contribution in [0.4, 0.5) is 16.2 Å². The third kappa shape index (κ3) is 3.25. The Bertz CT molecular complexity index is 601. The summed E-state index contributed by atoms with van der Waals surface area (Å²) >= 11 is 0. The van der Waals surface area contributed by atoms with Crippen molar-refractivity contribution < 1.29 is 14.7 Å². The molecule has 3 N–H and O–H groups in total. The number of nitrogens with one attached hydrogen (secondary N) is 2. The van der Waals surface area contributed by atoms with Gasteiger partial charge in [-0.2, -0.15) is 0 Å². The van der Waals surface area contributed by atoms with E-state index in [0.717, 1.165) is 0 Å². The number of carboxylic acid groups (broad SMARTS) is 1. The lowest BCUT2D eigenvalue weighted by Crippen LogP contribution is -2.21. The molecule has 2 aromatic rings. The quantitative estimate of drug-likeness (QED) is 0.778. The molecule has 0 saturated carbocycles. The van der Waals surface area contributed by atoms with Gasteiger partial charge in [0.2, 0.25) is 0 Å². The van der Waals surface area contributed by atoms with Crippen LogP contribution in [0.2, 0.25) is 0 Å². The number of rotatable bonds is 3. The highest BCUT2D eigenvalue weighted by atomic mass is 16.4. The number of hydrogen-bond donors (Lipinski definition) is 3. The lowest BCUT2D eigenvalue weighted by Gasteiger charge is -2.08. The van der Waals surface area contributed by atoms with Gasteiger partial charge in [-0.15, -0.1) is 0 Å². The zero-order valence-corrected chi connectivity index (χ0v) is 9.70. The van der Waals surface area contributed by atoms with E-state index >= 15 is 0 Å². The van der Waals surface area contributed by atoms with Gasteiger partial charge in [-0.3, -0.25) is 4.98 Å². The molecule has 0 atom stereocenters. The average Bonchev–Trinajstić information content (AvgIpc) is 2.40. The van der Waals surface area contributed by atoms with Crippen LogP contribution in [-0.2, 0) is 0 Å². The van der Waals surface area contributed by atoms with Crippen LogP contribution in [0.3, 0.4) is 0 Å². The van der Waals surface area contributed by atoms with Gasteiger partial charge in [-0.1, -0.05) is 0 Å². The maximum absolute atomic E-state index is 11.7. The van der Waals surface area contributed by atoms with Crippen molar-refractivity contribution in [3.8, 4) is 0 Å². The summed E-state index contributed by atoms with van der Waals surface area (Å²) in [7, 11) is 0. The summed E-state index contributed by atoms with van der Waals surface area (Å²) in [5.41, 5.74) is 0.404. The van der Waals surface area contributed by atoms with Crippen molar-refractivity contribution >= 4 is 23.4 Å². The molecule has 0 saturated heterocycles. The first-order valence-electron chi connectivity index (χ1n) is 5.33. The number of carboxylic acids is 1. The molecule has 0 spiro atoms. The Balaban J connectivity index is 2.09. The Hall–Kier alpha value is -2.96. The van der Waals surface area contributed by atoms with E-state index in [9.17, 15) is 9.59 Å². The third-order valence-corrected chi connectivity index (χ3v) is 2.18. The number of amides is 2. The maximum atomic E-state index is 11.7. The number of urea groups is 1. The van der Waals surface area contributed by atoms with Crippen molar-refractivity contribution in [3.63, 3.8) is 0 Å². The molecule has 2 rings (SSSR count). The van der Waals surface area contributed by atoms with Crippen LogP contribution in [0.25, 0.3) is 0 Å². The summed E-state index contributed by atoms with van der Waals surface area (Å²) in [6.45, 7) is 0. The van der Waals surface area contributed by atoms with Crippen molar-refractivity contribution in [1.29, 1.82) is 0 Å². The molecule has 0 radical (unpaired) electrons. The Morgan fingerprint density at radius 3 is 2.58 bits per heavy atom. The van der Waals surface area contributed by atoms with Gasteiger partial charge in [0.1, 0.15) is 0 Å². The van der Waals surface area contributed by atoms with Crippen molar-refractivity contribution in [2.24, 2.45) is 0 Å². The highest BCUT2D eigenvalue weighted by Crippen LogP contribution is 2.12. The summed E-state index contributed by atoms with van der Waals surface area (Å²) in [4.78, 5) is 30.1. The second kappa shape index (κ2) is 5.58. The van der Waals surface area contributed by atoms with Gasteiger partial charge in [-0.25, -0.2) is 14.6 Å². The van der Waals surface area contributed by atoms with Crippen molar-refractivity contribution in [1.82, 2.24) is 9.97 Å². The standard InChI is InChI=1S/C12H10N4O3/c17-11(18)10-9(4-2-6-14-10)16-12(19)15-8-3-1-5-13-7-8/h1-7H,(H,17,18)(H2,15,16,19). The molecular weight excluding hydrogens is 248 g/mol. The normalized spacial score (nSPS) is 9.68. The van der Waals surface area contributed by atoms with E-state index in [1.54, 1.807) is 18.3 Å². The molecule has 7 nitrogen and oxygen atoms in total. The fourth-order valence-corrected chi connectivity index (χ4v) is 1.40. The van der Waals surface area contributed by atoms with Gasteiger partial charge in [0.15, 0.2) is 5.69 Å². The summed E-state index contributed by atoms with van der Waals surface area (Å²) in [6, 6.07) is 5.75. The first-order valence-corrected chi connectivity index (χ1v) is 5.33. The minimum atomic E-state index is -1.21. The lowest BCUT2D eigenvalue weighted by atomic mass is 10.3. The topological polar surface area (TPSA) is 104 Å². The van der Waals surface area contributed by atoms with Crippen LogP contribution in [0.1, 0.15) is 10.5 Å². The van der Waals surface area contributed by atoms with Crippen LogP contribution in [0, 0.1) is 0 Å². The fraction of sp³-hybridized carbons (Fsp3) is 0. The second-order valence-electron chi connectivity index (χ2n) is 3.53. The van der Waals surface area contributed by atoms with Crippen molar-refractivity contribution in [2.45, 2.75) is 0 Å². The highest BCUT2D eigenvalue weighted by molar-refractivity contribution is 6.03. The number of pyridine rings is 2. The molecule has 2 heterocycles. The van der Waals surface area contributed by atoms with Gasteiger partial charge >= 0.3 is 12.0 Å². The van der Waals surface area contributed by atoms with E-state index in [0.29, 0.717) is 5.69 Å². The third-order valence-electron chi connectivity index (χ3n) is 2.18. The van der Waals surface area contributed by atoms with Crippen LogP contribution in [0.15, 0.2) is 42.9 Å². The van der Waals surface area contributed by atoms with Crippen LogP contribution < -0.4 is 10.6 Å². The zero-order chi connectivity index (χ0) is 13.7. The number of anilines is 2. The van der Waals surface area contributed by atoms with Gasteiger partial charge in [0.05, 0.1) is 17.6 Å². The Kier molecular flexibility index (Phi) is 3.67. The molecular formula is C12H10N4O3. The van der Waals surface area contributed by atoms with Crippen LogP contribution in [-0.4, -0.2) is 27.1 Å². The molecule has 0 unspecified atom stereocenters. The smallest absolute Gasteiger partial charge is 0.356 e. The number of carbonyl (C=O) groups is 2. The molecule has 0 aliphatic heterocycles. The largest absolute Gasteiger partial charge is 0.476 e. The minimum Gasteiger partial charge on any atom is -0.476 e. The molecule has 0 aliphatic carbocycles. The molecule has 19 heavy (non-hydrogen) atoms. The molecule has 2 amide bonds. The van der Waals surface area contributed by atoms with Crippen LogP contribution >= 0.6 is 0 Å². The van der Waals surface area contributed by atoms with E-state index in [-0.39, 0.29) is 11.4 Å². The van der Waals surface area contributed by atoms with E-state index < -0.39 is 12.0 Å². The van der Waals surface area contributed by atoms with Gasteiger partial charge in [-0.05, 0) is 24.3 Å². The molecule has 0 aromatic carbocycles. The Morgan fingerprint density at radius 2 is 1.89 bits per heavy atom. The van der Waals surface area contributed by atoms with Gasteiger partial charge in [0, 0.05) is 12.4 Å². The molecule has 2 aromatic heterocycles. The predicted octanol–water partition coefficient (Wildman–Crippen LogP) is 1.82. The fourth-order valence-electron chi connectivity index (χ4n) is 1.40. The van der Waals surface area contributed by atoms with E-state index in [1.165, 1.54) is 24.5 Å². The number of nitrogens with zero attached hydrogens (tertiary/aromatic N) is 2. The lowest BCUT2D eigenvalue weighted by molar-refractivity contribution is 0.0692. The van der Waals surface area contributed by atoms with Crippen LogP contribution in [0.5, 0.6) is 0 Å². The van der Waals surface area contributed by atoms with Crippen molar-refractivity contribution in [2.75, 3.05) is 10.6 Å². The molecule has 0 aliphatic rings. The molecule has 96 valence electrons. The molecule has 0 fully saturated rings. The second-order valence-corrected chi connectivity index (χ2v) is 3.53. The average molecular weight is 258 g/mol. The SMILES string of the molecule is O=C(Nc1cccnc1)Nc1cccnc1C(=O)O. The van der Waals surface area contributed by atoms with Gasteiger partial charge < -0.3 is 15.7 Å². The summed E-state index contributed by atoms with van der Waals surface area (Å²) in [6.07, 6.45) is 4.39. The number of carbonyl (C=O) groups excluding carboxylic acids is 1.